The average Bonchev–Trinajstić information content (AvgIpc) is 3.22. The highest BCUT2D eigenvalue weighted by Crippen LogP contribution is 2.37. The van der Waals surface area contributed by atoms with Crippen LogP contribution < -0.4 is 19.5 Å². The number of piperazine rings is 1. The number of ether oxygens (including phenoxy) is 3. The molecule has 0 aliphatic carbocycles. The van der Waals surface area contributed by atoms with E-state index in [2.05, 4.69) is 15.1 Å². The zero-order valence-corrected chi connectivity index (χ0v) is 17.6. The summed E-state index contributed by atoms with van der Waals surface area (Å²) in [7, 11) is 0. The topological polar surface area (TPSA) is 80.3 Å². The minimum Gasteiger partial charge on any atom is -0.492 e. The third-order valence-corrected chi connectivity index (χ3v) is 5.42. The second-order valence-electron chi connectivity index (χ2n) is 7.63. The lowest BCUT2D eigenvalue weighted by atomic mass is 10.1. The van der Waals surface area contributed by atoms with E-state index in [0.29, 0.717) is 29.4 Å². The fraction of sp³-hybridized carbons (Fsp3) is 0.391. The minimum absolute atomic E-state index is 0.116. The lowest BCUT2D eigenvalue weighted by Gasteiger charge is -2.34. The number of carbonyl (C=O) groups is 2. The number of nitrogens with one attached hydrogen (secondary N) is 1. The molecule has 0 radical (unpaired) electrons. The quantitative estimate of drug-likeness (QED) is 0.650. The number of hydrogen-bond acceptors (Lipinski definition) is 7. The molecule has 0 aromatic heterocycles. The zero-order chi connectivity index (χ0) is 21.6. The number of Topliss-reactive ketones (excluding diaryl/α,β-unsaturated/α-hetero) is 1. The fourth-order valence-corrected chi connectivity index (χ4v) is 3.71. The molecule has 2 aliphatic rings. The Hall–Kier alpha value is -3.10. The molecule has 2 heterocycles. The minimum atomic E-state index is -0.151. The first kappa shape index (κ1) is 21.1. The number of carbonyl (C=O) groups excluding carboxylic acids is 2. The van der Waals surface area contributed by atoms with Crippen LogP contribution in [0, 0.1) is 0 Å². The van der Waals surface area contributed by atoms with Crippen molar-refractivity contribution >= 4 is 17.4 Å². The van der Waals surface area contributed by atoms with E-state index in [0.717, 1.165) is 38.5 Å². The monoisotopic (exact) mass is 425 g/mol. The van der Waals surface area contributed by atoms with E-state index in [9.17, 15) is 9.59 Å². The molecule has 1 amide bonds. The normalized spacial score (nSPS) is 16.2. The summed E-state index contributed by atoms with van der Waals surface area (Å²) in [4.78, 5) is 29.0. The van der Waals surface area contributed by atoms with Gasteiger partial charge in [0.05, 0.1) is 12.2 Å². The molecule has 0 saturated carbocycles. The highest BCUT2D eigenvalue weighted by molar-refractivity contribution is 6.05. The molecule has 1 fully saturated rings. The Balaban J connectivity index is 1.23. The van der Waals surface area contributed by atoms with Crippen molar-refractivity contribution in [3.8, 4) is 17.2 Å². The van der Waals surface area contributed by atoms with E-state index >= 15 is 0 Å². The van der Waals surface area contributed by atoms with Gasteiger partial charge in [0.2, 0.25) is 12.7 Å². The van der Waals surface area contributed by atoms with E-state index in [1.807, 2.05) is 30.3 Å². The van der Waals surface area contributed by atoms with Crippen LogP contribution in [0.2, 0.25) is 0 Å². The molecule has 0 unspecified atom stereocenters. The molecule has 2 aromatic carbocycles. The van der Waals surface area contributed by atoms with Crippen LogP contribution in [0.15, 0.2) is 42.5 Å². The van der Waals surface area contributed by atoms with Crippen LogP contribution in [-0.4, -0.2) is 74.2 Å². The summed E-state index contributed by atoms with van der Waals surface area (Å²) in [5.41, 5.74) is 0.874. The van der Waals surface area contributed by atoms with Crippen molar-refractivity contribution < 1.29 is 23.8 Å². The Morgan fingerprint density at radius 2 is 1.68 bits per heavy atom. The van der Waals surface area contributed by atoms with Crippen molar-refractivity contribution in [3.05, 3.63) is 48.0 Å². The molecule has 31 heavy (non-hydrogen) atoms. The third kappa shape index (κ3) is 5.53. The zero-order valence-electron chi connectivity index (χ0n) is 17.6. The van der Waals surface area contributed by atoms with Gasteiger partial charge in [-0.25, -0.2) is 0 Å². The van der Waals surface area contributed by atoms with E-state index in [1.165, 1.54) is 6.92 Å². The Morgan fingerprint density at radius 1 is 1.00 bits per heavy atom. The Morgan fingerprint density at radius 3 is 2.39 bits per heavy atom. The Bertz CT molecular complexity index is 926. The lowest BCUT2D eigenvalue weighted by molar-refractivity contribution is -0.117. The van der Waals surface area contributed by atoms with Crippen LogP contribution in [0.1, 0.15) is 17.3 Å². The van der Waals surface area contributed by atoms with Crippen LogP contribution in [0.4, 0.5) is 5.69 Å². The molecule has 2 aliphatic heterocycles. The van der Waals surface area contributed by atoms with Crippen LogP contribution in [0.25, 0.3) is 0 Å². The molecular formula is C23H27N3O5. The van der Waals surface area contributed by atoms with Crippen molar-refractivity contribution in [2.24, 2.45) is 0 Å². The molecule has 2 aromatic rings. The summed E-state index contributed by atoms with van der Waals surface area (Å²) < 4.78 is 16.5. The van der Waals surface area contributed by atoms with Gasteiger partial charge >= 0.3 is 0 Å². The van der Waals surface area contributed by atoms with Gasteiger partial charge in [-0.15, -0.1) is 0 Å². The predicted octanol–water partition coefficient (Wildman–Crippen LogP) is 2.25. The maximum Gasteiger partial charge on any atom is 0.238 e. The molecule has 1 N–H and O–H groups in total. The molecule has 4 rings (SSSR count). The third-order valence-electron chi connectivity index (χ3n) is 5.42. The molecule has 0 atom stereocenters. The highest BCUT2D eigenvalue weighted by atomic mass is 16.7. The van der Waals surface area contributed by atoms with E-state index in [-0.39, 0.29) is 25.0 Å². The van der Waals surface area contributed by atoms with Crippen molar-refractivity contribution in [3.63, 3.8) is 0 Å². The maximum absolute atomic E-state index is 12.6. The van der Waals surface area contributed by atoms with Gasteiger partial charge in [0.15, 0.2) is 17.3 Å². The van der Waals surface area contributed by atoms with Crippen LogP contribution in [0.5, 0.6) is 17.2 Å². The lowest BCUT2D eigenvalue weighted by Crippen LogP contribution is -2.49. The van der Waals surface area contributed by atoms with Crippen LogP contribution >= 0.6 is 0 Å². The summed E-state index contributed by atoms with van der Waals surface area (Å²) >= 11 is 0. The molecular weight excluding hydrogens is 398 g/mol. The van der Waals surface area contributed by atoms with Gasteiger partial charge in [0.25, 0.3) is 0 Å². The van der Waals surface area contributed by atoms with E-state index in [4.69, 9.17) is 14.2 Å². The van der Waals surface area contributed by atoms with Gasteiger partial charge in [-0.05, 0) is 25.1 Å². The smallest absolute Gasteiger partial charge is 0.238 e. The van der Waals surface area contributed by atoms with Gasteiger partial charge in [-0.1, -0.05) is 18.2 Å². The van der Waals surface area contributed by atoms with Crippen molar-refractivity contribution in [1.29, 1.82) is 0 Å². The van der Waals surface area contributed by atoms with Crippen LogP contribution in [-0.2, 0) is 4.79 Å². The fourth-order valence-electron chi connectivity index (χ4n) is 3.71. The molecule has 164 valence electrons. The second-order valence-corrected chi connectivity index (χ2v) is 7.63. The number of ketones is 1. The standard InChI is InChI=1S/C23H27N3O5/c1-17(27)19-13-21-22(31-16-30-21)14-20(19)24-23(28)15-26-9-7-25(8-10-26)11-12-29-18-5-3-2-4-6-18/h2-6,13-14H,7-12,15-16H2,1H3,(H,24,28). The largest absolute Gasteiger partial charge is 0.492 e. The SMILES string of the molecule is CC(=O)c1cc2c(cc1NC(=O)CN1CCN(CCOc3ccccc3)CC1)OCO2. The van der Waals surface area contributed by atoms with Gasteiger partial charge in [0.1, 0.15) is 12.4 Å². The summed E-state index contributed by atoms with van der Waals surface area (Å²) in [5, 5.41) is 2.86. The van der Waals surface area contributed by atoms with Crippen molar-refractivity contribution in [2.45, 2.75) is 6.92 Å². The van der Waals surface area contributed by atoms with Gasteiger partial charge in [0, 0.05) is 44.4 Å². The Kier molecular flexibility index (Phi) is 6.69. The number of fused-ring (bicyclic) bond motifs is 1. The number of benzene rings is 2. The average molecular weight is 425 g/mol. The highest BCUT2D eigenvalue weighted by Gasteiger charge is 2.22. The van der Waals surface area contributed by atoms with Crippen molar-refractivity contribution in [1.82, 2.24) is 9.80 Å². The number of para-hydroxylation sites is 1. The summed E-state index contributed by atoms with van der Waals surface area (Å²) in [5.74, 6) is 1.65. The molecule has 0 bridgehead atoms. The summed E-state index contributed by atoms with van der Waals surface area (Å²) in [6.45, 7) is 6.73. The Labute approximate surface area is 181 Å². The number of hydrogen-bond donors (Lipinski definition) is 1. The molecule has 8 heteroatoms. The first-order valence-corrected chi connectivity index (χ1v) is 10.5. The van der Waals surface area contributed by atoms with Gasteiger partial charge in [-0.2, -0.15) is 0 Å². The van der Waals surface area contributed by atoms with Gasteiger partial charge in [-0.3, -0.25) is 19.4 Å². The molecule has 1 saturated heterocycles. The number of amides is 1. The molecule has 8 nitrogen and oxygen atoms in total. The summed E-state index contributed by atoms with van der Waals surface area (Å²) in [6, 6.07) is 13.1. The van der Waals surface area contributed by atoms with Gasteiger partial charge < -0.3 is 19.5 Å². The van der Waals surface area contributed by atoms with Crippen molar-refractivity contribution in [2.75, 3.05) is 58.0 Å². The maximum atomic E-state index is 12.6. The summed E-state index contributed by atoms with van der Waals surface area (Å²) in [6.07, 6.45) is 0. The van der Waals surface area contributed by atoms with E-state index in [1.54, 1.807) is 12.1 Å². The number of nitrogens with zero attached hydrogens (tertiary/aromatic N) is 2. The van der Waals surface area contributed by atoms with Crippen LogP contribution in [0.3, 0.4) is 0 Å². The first-order valence-electron chi connectivity index (χ1n) is 10.5. The van der Waals surface area contributed by atoms with E-state index < -0.39 is 0 Å². The first-order chi connectivity index (χ1) is 15.1. The predicted molar refractivity (Wildman–Crippen MR) is 116 cm³/mol. The molecule has 0 spiro atoms. The number of anilines is 1. The number of rotatable bonds is 8. The second kappa shape index (κ2) is 9.80.